The van der Waals surface area contributed by atoms with Gasteiger partial charge in [0.2, 0.25) is 5.91 Å². The SMILES string of the molecule is COc1cccc(NCc2nnc(S[C@H](C)C(N)=O)n2C2CCCCC2)c1. The number of thioether (sulfide) groups is 1. The van der Waals surface area contributed by atoms with Crippen LogP contribution >= 0.6 is 11.8 Å². The van der Waals surface area contributed by atoms with Gasteiger partial charge in [0.25, 0.3) is 0 Å². The zero-order chi connectivity index (χ0) is 19.2. The van der Waals surface area contributed by atoms with Crippen LogP contribution in [0.25, 0.3) is 0 Å². The minimum absolute atomic E-state index is 0.337. The Balaban J connectivity index is 1.80. The fraction of sp³-hybridized carbons (Fsp3) is 0.526. The van der Waals surface area contributed by atoms with Crippen molar-refractivity contribution in [3.63, 3.8) is 0 Å². The maximum absolute atomic E-state index is 11.5. The van der Waals surface area contributed by atoms with E-state index in [4.69, 9.17) is 10.5 Å². The van der Waals surface area contributed by atoms with E-state index in [9.17, 15) is 4.79 Å². The summed E-state index contributed by atoms with van der Waals surface area (Å²) < 4.78 is 7.48. The molecule has 146 valence electrons. The molecule has 1 saturated carbocycles. The van der Waals surface area contributed by atoms with Crippen LogP contribution in [0, 0.1) is 0 Å². The van der Waals surface area contributed by atoms with Crippen LogP contribution in [0.5, 0.6) is 5.75 Å². The van der Waals surface area contributed by atoms with Gasteiger partial charge in [-0.3, -0.25) is 4.79 Å². The van der Waals surface area contributed by atoms with Gasteiger partial charge in [-0.2, -0.15) is 0 Å². The average Bonchev–Trinajstić information content (AvgIpc) is 3.09. The fourth-order valence-corrected chi connectivity index (χ4v) is 4.23. The number of carbonyl (C=O) groups is 1. The standard InChI is InChI=1S/C19H27N5O2S/c1-13(18(20)25)27-19-23-22-17(24(19)15-8-4-3-5-9-15)12-21-14-7-6-10-16(11-14)26-2/h6-7,10-11,13,15,21H,3-5,8-9,12H2,1-2H3,(H2,20,25)/t13-/m1/s1. The average molecular weight is 390 g/mol. The Kier molecular flexibility index (Phi) is 6.60. The third kappa shape index (κ3) is 4.94. The lowest BCUT2D eigenvalue weighted by Gasteiger charge is -2.26. The molecule has 0 bridgehead atoms. The predicted octanol–water partition coefficient (Wildman–Crippen LogP) is 3.37. The van der Waals surface area contributed by atoms with Gasteiger partial charge in [-0.25, -0.2) is 0 Å². The van der Waals surface area contributed by atoms with Gasteiger partial charge in [-0.05, 0) is 31.9 Å². The Hall–Kier alpha value is -2.22. The van der Waals surface area contributed by atoms with Crippen LogP contribution in [-0.2, 0) is 11.3 Å². The number of amides is 1. The van der Waals surface area contributed by atoms with Crippen LogP contribution in [0.3, 0.4) is 0 Å². The fourth-order valence-electron chi connectivity index (χ4n) is 3.34. The molecule has 1 atom stereocenters. The van der Waals surface area contributed by atoms with Crippen molar-refractivity contribution >= 4 is 23.4 Å². The molecule has 1 aliphatic rings. The van der Waals surface area contributed by atoms with E-state index in [1.807, 2.05) is 24.3 Å². The molecule has 1 amide bonds. The van der Waals surface area contributed by atoms with E-state index < -0.39 is 0 Å². The maximum atomic E-state index is 11.5. The van der Waals surface area contributed by atoms with E-state index in [0.29, 0.717) is 12.6 Å². The van der Waals surface area contributed by atoms with Gasteiger partial charge in [0.05, 0.1) is 18.9 Å². The molecular formula is C19H27N5O2S. The highest BCUT2D eigenvalue weighted by atomic mass is 32.2. The van der Waals surface area contributed by atoms with Crippen LogP contribution in [0.1, 0.15) is 50.9 Å². The zero-order valence-electron chi connectivity index (χ0n) is 15.9. The summed E-state index contributed by atoms with van der Waals surface area (Å²) in [6.07, 6.45) is 5.92. The first-order valence-electron chi connectivity index (χ1n) is 9.36. The molecule has 2 aromatic rings. The van der Waals surface area contributed by atoms with E-state index in [1.54, 1.807) is 14.0 Å². The van der Waals surface area contributed by atoms with Gasteiger partial charge < -0.3 is 20.4 Å². The number of hydrogen-bond acceptors (Lipinski definition) is 6. The lowest BCUT2D eigenvalue weighted by Crippen LogP contribution is -2.24. The molecule has 1 aromatic heterocycles. The van der Waals surface area contributed by atoms with Crippen LogP contribution in [0.2, 0.25) is 0 Å². The van der Waals surface area contributed by atoms with Crippen molar-refractivity contribution in [2.24, 2.45) is 5.73 Å². The molecular weight excluding hydrogens is 362 g/mol. The van der Waals surface area contributed by atoms with E-state index in [2.05, 4.69) is 20.1 Å². The topological polar surface area (TPSA) is 95.1 Å². The first-order valence-corrected chi connectivity index (χ1v) is 10.2. The van der Waals surface area contributed by atoms with Crippen LogP contribution < -0.4 is 15.8 Å². The number of rotatable bonds is 8. The second-order valence-corrected chi connectivity index (χ2v) is 8.12. The van der Waals surface area contributed by atoms with Gasteiger partial charge in [0.1, 0.15) is 5.75 Å². The molecule has 7 nitrogen and oxygen atoms in total. The molecule has 8 heteroatoms. The lowest BCUT2D eigenvalue weighted by molar-refractivity contribution is -0.117. The minimum atomic E-state index is -0.339. The molecule has 3 N–H and O–H groups in total. The summed E-state index contributed by atoms with van der Waals surface area (Å²) in [4.78, 5) is 11.5. The summed E-state index contributed by atoms with van der Waals surface area (Å²) in [7, 11) is 1.65. The molecule has 3 rings (SSSR count). The van der Waals surface area contributed by atoms with E-state index >= 15 is 0 Å². The molecule has 0 saturated heterocycles. The molecule has 27 heavy (non-hydrogen) atoms. The van der Waals surface area contributed by atoms with Crippen LogP contribution in [-0.4, -0.2) is 33.0 Å². The summed E-state index contributed by atoms with van der Waals surface area (Å²) >= 11 is 1.39. The number of aromatic nitrogens is 3. The molecule has 1 heterocycles. The van der Waals surface area contributed by atoms with Crippen LogP contribution in [0.15, 0.2) is 29.4 Å². The first kappa shape index (κ1) is 19.5. The zero-order valence-corrected chi connectivity index (χ0v) is 16.7. The summed E-state index contributed by atoms with van der Waals surface area (Å²) in [5.74, 6) is 1.35. The number of hydrogen-bond donors (Lipinski definition) is 2. The Bertz CT molecular complexity index is 773. The number of anilines is 1. The van der Waals surface area contributed by atoms with Crippen molar-refractivity contribution in [1.29, 1.82) is 0 Å². The number of methoxy groups -OCH3 is 1. The number of nitrogens with two attached hydrogens (primary N) is 1. The monoisotopic (exact) mass is 389 g/mol. The van der Waals surface area contributed by atoms with Gasteiger partial charge in [-0.1, -0.05) is 37.1 Å². The first-order chi connectivity index (χ1) is 13.1. The highest BCUT2D eigenvalue weighted by molar-refractivity contribution is 8.00. The second kappa shape index (κ2) is 9.12. The number of nitrogens with zero attached hydrogens (tertiary/aromatic N) is 3. The minimum Gasteiger partial charge on any atom is -0.497 e. The summed E-state index contributed by atoms with van der Waals surface area (Å²) in [5, 5.41) is 12.6. The number of benzene rings is 1. The van der Waals surface area contributed by atoms with E-state index in [-0.39, 0.29) is 11.2 Å². The van der Waals surface area contributed by atoms with Crippen molar-refractivity contribution in [1.82, 2.24) is 14.8 Å². The predicted molar refractivity (Wildman–Crippen MR) is 107 cm³/mol. The lowest BCUT2D eigenvalue weighted by atomic mass is 9.95. The molecule has 1 aromatic carbocycles. The van der Waals surface area contributed by atoms with Gasteiger partial charge in [0.15, 0.2) is 11.0 Å². The van der Waals surface area contributed by atoms with Crippen molar-refractivity contribution < 1.29 is 9.53 Å². The van der Waals surface area contributed by atoms with Crippen LogP contribution in [0.4, 0.5) is 5.69 Å². The molecule has 0 radical (unpaired) electrons. The Morgan fingerprint density at radius 1 is 1.37 bits per heavy atom. The van der Waals surface area contributed by atoms with Gasteiger partial charge >= 0.3 is 0 Å². The van der Waals surface area contributed by atoms with Crippen molar-refractivity contribution in [3.8, 4) is 5.75 Å². The number of nitrogens with one attached hydrogen (secondary N) is 1. The third-order valence-electron chi connectivity index (χ3n) is 4.88. The quantitative estimate of drug-likeness (QED) is 0.672. The number of ether oxygens (including phenoxy) is 1. The van der Waals surface area contributed by atoms with E-state index in [0.717, 1.165) is 35.3 Å². The van der Waals surface area contributed by atoms with E-state index in [1.165, 1.54) is 31.0 Å². The molecule has 0 spiro atoms. The van der Waals surface area contributed by atoms with Crippen molar-refractivity contribution in [2.75, 3.05) is 12.4 Å². The van der Waals surface area contributed by atoms with Gasteiger partial charge in [0, 0.05) is 17.8 Å². The molecule has 1 aliphatic carbocycles. The molecule has 0 aliphatic heterocycles. The Labute approximate surface area is 164 Å². The largest absolute Gasteiger partial charge is 0.497 e. The summed E-state index contributed by atoms with van der Waals surface area (Å²) in [5.41, 5.74) is 6.40. The normalized spacial score (nSPS) is 16.1. The summed E-state index contributed by atoms with van der Waals surface area (Å²) in [6.45, 7) is 2.36. The highest BCUT2D eigenvalue weighted by Gasteiger charge is 2.25. The second-order valence-electron chi connectivity index (χ2n) is 6.81. The van der Waals surface area contributed by atoms with Gasteiger partial charge in [-0.15, -0.1) is 10.2 Å². The summed E-state index contributed by atoms with van der Waals surface area (Å²) in [6, 6.07) is 8.18. The Morgan fingerprint density at radius 2 is 2.15 bits per heavy atom. The third-order valence-corrected chi connectivity index (χ3v) is 5.95. The molecule has 1 fully saturated rings. The molecule has 0 unspecified atom stereocenters. The number of primary amides is 1. The van der Waals surface area contributed by atoms with Crippen molar-refractivity contribution in [3.05, 3.63) is 30.1 Å². The Morgan fingerprint density at radius 3 is 2.85 bits per heavy atom. The highest BCUT2D eigenvalue weighted by Crippen LogP contribution is 2.34. The number of carbonyl (C=O) groups excluding carboxylic acids is 1. The maximum Gasteiger partial charge on any atom is 0.230 e. The van der Waals surface area contributed by atoms with Crippen molar-refractivity contribution in [2.45, 2.75) is 62.0 Å². The smallest absolute Gasteiger partial charge is 0.230 e.